The molecule has 0 aromatic heterocycles. The lowest BCUT2D eigenvalue weighted by atomic mass is 9.63. The molecule has 1 aliphatic carbocycles. The van der Waals surface area contributed by atoms with Gasteiger partial charge in [0.15, 0.2) is 0 Å². The molecular weight excluding hydrogens is 216 g/mol. The lowest BCUT2D eigenvalue weighted by molar-refractivity contribution is 0.331. The maximum atomic E-state index is 5.93. The molecule has 0 heterocycles. The molecule has 0 unspecified atom stereocenters. The van der Waals surface area contributed by atoms with Gasteiger partial charge in [0.2, 0.25) is 0 Å². The Morgan fingerprint density at radius 3 is 2.12 bits per heavy atom. The van der Waals surface area contributed by atoms with E-state index in [-0.39, 0.29) is 0 Å². The number of benzene rings is 1. The Morgan fingerprint density at radius 1 is 1.00 bits per heavy atom. The van der Waals surface area contributed by atoms with Gasteiger partial charge in [0, 0.05) is 5.88 Å². The molecule has 1 heteroatoms. The Labute approximate surface area is 104 Å². The Hall–Kier alpha value is -0.490. The van der Waals surface area contributed by atoms with Gasteiger partial charge in [-0.05, 0) is 40.4 Å². The van der Waals surface area contributed by atoms with Gasteiger partial charge in [-0.1, -0.05) is 45.9 Å². The molecule has 0 spiro atoms. The van der Waals surface area contributed by atoms with E-state index in [1.54, 1.807) is 0 Å². The minimum absolute atomic E-state index is 0.299. The molecule has 2 rings (SSSR count). The molecule has 1 aromatic carbocycles. The van der Waals surface area contributed by atoms with E-state index in [0.717, 1.165) is 0 Å². The lowest BCUT2D eigenvalue weighted by Gasteiger charge is -2.42. The molecule has 0 atom stereocenters. The summed E-state index contributed by atoms with van der Waals surface area (Å²) in [5.41, 5.74) is 4.87. The second-order valence-corrected chi connectivity index (χ2v) is 6.55. The van der Waals surface area contributed by atoms with Gasteiger partial charge in [0.05, 0.1) is 0 Å². The lowest BCUT2D eigenvalue weighted by Crippen LogP contribution is -2.33. The predicted octanol–water partition coefficient (Wildman–Crippen LogP) is 4.77. The molecule has 88 valence electrons. The first kappa shape index (κ1) is 12.0. The maximum Gasteiger partial charge on any atom is 0.0474 e. The summed E-state index contributed by atoms with van der Waals surface area (Å²) in [6, 6.07) is 6.77. The minimum Gasteiger partial charge on any atom is -0.122 e. The first-order valence-corrected chi connectivity index (χ1v) is 6.60. The van der Waals surface area contributed by atoms with Crippen LogP contribution >= 0.6 is 11.6 Å². The molecule has 1 aliphatic rings. The average molecular weight is 237 g/mol. The van der Waals surface area contributed by atoms with Crippen LogP contribution in [0.2, 0.25) is 0 Å². The Bertz CT molecular complexity index is 402. The molecular formula is C15H21Cl. The van der Waals surface area contributed by atoms with Crippen molar-refractivity contribution in [2.75, 3.05) is 0 Å². The zero-order valence-electron chi connectivity index (χ0n) is 10.7. The molecule has 0 nitrogen and oxygen atoms in total. The van der Waals surface area contributed by atoms with E-state index < -0.39 is 0 Å². The summed E-state index contributed by atoms with van der Waals surface area (Å²) in [4.78, 5) is 0. The number of hydrogen-bond acceptors (Lipinski definition) is 0. The third-order valence-corrected chi connectivity index (χ3v) is 4.38. The molecule has 0 radical (unpaired) electrons. The zero-order chi connectivity index (χ0) is 12.0. The van der Waals surface area contributed by atoms with Crippen LogP contribution in [0.1, 0.15) is 57.2 Å². The van der Waals surface area contributed by atoms with E-state index in [0.29, 0.717) is 16.7 Å². The molecule has 0 amide bonds. The molecule has 0 bridgehead atoms. The third-order valence-electron chi connectivity index (χ3n) is 4.07. The Morgan fingerprint density at radius 2 is 1.56 bits per heavy atom. The van der Waals surface area contributed by atoms with E-state index >= 15 is 0 Å². The highest BCUT2D eigenvalue weighted by molar-refractivity contribution is 6.17. The Balaban J connectivity index is 2.60. The van der Waals surface area contributed by atoms with Crippen molar-refractivity contribution in [1.29, 1.82) is 0 Å². The van der Waals surface area contributed by atoms with Crippen molar-refractivity contribution >= 4 is 11.6 Å². The summed E-state index contributed by atoms with van der Waals surface area (Å²) in [6.07, 6.45) is 2.53. The van der Waals surface area contributed by atoms with Crippen molar-refractivity contribution in [3.63, 3.8) is 0 Å². The Kier molecular flexibility index (Phi) is 2.82. The van der Waals surface area contributed by atoms with Crippen molar-refractivity contribution in [1.82, 2.24) is 0 Å². The minimum atomic E-state index is 0.299. The molecule has 0 aliphatic heterocycles. The fourth-order valence-corrected chi connectivity index (χ4v) is 2.89. The molecule has 0 N–H and O–H groups in total. The second kappa shape index (κ2) is 3.77. The standard InChI is InChI=1S/C15H21Cl/c1-14(2)7-8-15(3,4)13-9-11(10-16)5-6-12(13)14/h5-6,9H,7-8,10H2,1-4H3. The van der Waals surface area contributed by atoms with Gasteiger partial charge < -0.3 is 0 Å². The molecule has 0 saturated carbocycles. The van der Waals surface area contributed by atoms with E-state index in [2.05, 4.69) is 45.9 Å². The van der Waals surface area contributed by atoms with E-state index in [1.807, 2.05) is 0 Å². The summed E-state index contributed by atoms with van der Waals surface area (Å²) in [5, 5.41) is 0. The van der Waals surface area contributed by atoms with Crippen molar-refractivity contribution in [2.24, 2.45) is 0 Å². The monoisotopic (exact) mass is 236 g/mol. The fraction of sp³-hybridized carbons (Fsp3) is 0.600. The smallest absolute Gasteiger partial charge is 0.0474 e. The largest absolute Gasteiger partial charge is 0.122 e. The van der Waals surface area contributed by atoms with Crippen LogP contribution in [0.4, 0.5) is 0 Å². The third kappa shape index (κ3) is 1.88. The van der Waals surface area contributed by atoms with Gasteiger partial charge >= 0.3 is 0 Å². The van der Waals surface area contributed by atoms with Crippen LogP contribution in [0, 0.1) is 0 Å². The summed E-state index contributed by atoms with van der Waals surface area (Å²) in [6.45, 7) is 9.39. The van der Waals surface area contributed by atoms with Crippen LogP contribution in [-0.2, 0) is 16.7 Å². The number of alkyl halides is 1. The van der Waals surface area contributed by atoms with Crippen LogP contribution in [0.15, 0.2) is 18.2 Å². The van der Waals surface area contributed by atoms with Gasteiger partial charge in [0.25, 0.3) is 0 Å². The van der Waals surface area contributed by atoms with Gasteiger partial charge in [-0.3, -0.25) is 0 Å². The van der Waals surface area contributed by atoms with Crippen LogP contribution in [0.5, 0.6) is 0 Å². The number of hydrogen-bond donors (Lipinski definition) is 0. The van der Waals surface area contributed by atoms with Gasteiger partial charge in [-0.15, -0.1) is 11.6 Å². The van der Waals surface area contributed by atoms with Crippen LogP contribution < -0.4 is 0 Å². The molecule has 1 aromatic rings. The van der Waals surface area contributed by atoms with Crippen LogP contribution in [-0.4, -0.2) is 0 Å². The number of halogens is 1. The SMILES string of the molecule is CC1(C)CCC(C)(C)c2cc(CCl)ccc21. The molecule has 0 fully saturated rings. The normalized spacial score (nSPS) is 21.6. The van der Waals surface area contributed by atoms with E-state index in [9.17, 15) is 0 Å². The summed E-state index contributed by atoms with van der Waals surface area (Å²) in [5.74, 6) is 0.615. The highest BCUT2D eigenvalue weighted by atomic mass is 35.5. The highest BCUT2D eigenvalue weighted by Crippen LogP contribution is 2.45. The fourth-order valence-electron chi connectivity index (χ4n) is 2.72. The van der Waals surface area contributed by atoms with Gasteiger partial charge in [-0.2, -0.15) is 0 Å². The topological polar surface area (TPSA) is 0 Å². The van der Waals surface area contributed by atoms with Crippen molar-refractivity contribution in [2.45, 2.75) is 57.2 Å². The van der Waals surface area contributed by atoms with Crippen LogP contribution in [0.25, 0.3) is 0 Å². The quantitative estimate of drug-likeness (QED) is 0.616. The van der Waals surface area contributed by atoms with Crippen molar-refractivity contribution < 1.29 is 0 Å². The molecule has 0 saturated heterocycles. The van der Waals surface area contributed by atoms with Gasteiger partial charge in [0.1, 0.15) is 0 Å². The maximum absolute atomic E-state index is 5.93. The summed E-state index contributed by atoms with van der Waals surface area (Å²) >= 11 is 5.93. The number of fused-ring (bicyclic) bond motifs is 1. The average Bonchev–Trinajstić information content (AvgIpc) is 2.24. The van der Waals surface area contributed by atoms with E-state index in [4.69, 9.17) is 11.6 Å². The summed E-state index contributed by atoms with van der Waals surface area (Å²) < 4.78 is 0. The predicted molar refractivity (Wildman–Crippen MR) is 71.3 cm³/mol. The highest BCUT2D eigenvalue weighted by Gasteiger charge is 2.36. The first-order valence-electron chi connectivity index (χ1n) is 6.07. The van der Waals surface area contributed by atoms with Crippen molar-refractivity contribution in [3.05, 3.63) is 34.9 Å². The zero-order valence-corrected chi connectivity index (χ0v) is 11.5. The molecule has 16 heavy (non-hydrogen) atoms. The van der Waals surface area contributed by atoms with Crippen molar-refractivity contribution in [3.8, 4) is 0 Å². The second-order valence-electron chi connectivity index (χ2n) is 6.28. The van der Waals surface area contributed by atoms with E-state index in [1.165, 1.54) is 29.5 Å². The first-order chi connectivity index (χ1) is 7.37. The number of rotatable bonds is 1. The van der Waals surface area contributed by atoms with Gasteiger partial charge in [-0.25, -0.2) is 0 Å². The summed E-state index contributed by atoms with van der Waals surface area (Å²) in [7, 11) is 0. The van der Waals surface area contributed by atoms with Crippen LogP contribution in [0.3, 0.4) is 0 Å².